The third kappa shape index (κ3) is 23.9. The molecule has 4 heteroatoms. The third-order valence-electron chi connectivity index (χ3n) is 3.20. The molecule has 0 bridgehead atoms. The molecule has 0 aliphatic carbocycles. The van der Waals surface area contributed by atoms with E-state index in [9.17, 15) is 0 Å². The van der Waals surface area contributed by atoms with Crippen LogP contribution in [0.15, 0.2) is 0 Å². The molecule has 0 saturated heterocycles. The minimum Gasteiger partial charge on any atom is -0.304 e. The van der Waals surface area contributed by atoms with Gasteiger partial charge < -0.3 is 9.80 Å². The van der Waals surface area contributed by atoms with Crippen LogP contribution in [0.1, 0.15) is 54.4 Å². The highest BCUT2D eigenvalue weighted by molar-refractivity contribution is 9.09. The number of nitrogens with zero attached hydrogens (tertiary/aromatic N) is 2. The average molecular weight is 418 g/mol. The van der Waals surface area contributed by atoms with Crippen LogP contribution >= 0.6 is 31.9 Å². The lowest BCUT2D eigenvalue weighted by molar-refractivity contribution is 0.321. The van der Waals surface area contributed by atoms with E-state index in [-0.39, 0.29) is 0 Å². The van der Waals surface area contributed by atoms with Gasteiger partial charge in [-0.2, -0.15) is 0 Å². The molecule has 0 saturated carbocycles. The fourth-order valence-electron chi connectivity index (χ4n) is 1.53. The maximum absolute atomic E-state index is 3.33. The standard InChI is InChI=1S/2C6H15N.C4H8Br2/c2*1-4-7(5-2)6-3;5-3-1-2-4-6/h2*4-6H2,1-3H3;1-4H2. The maximum atomic E-state index is 3.33. The Hall–Kier alpha value is 0.880. The van der Waals surface area contributed by atoms with E-state index in [1.165, 1.54) is 52.1 Å². The number of hydrogen-bond acceptors (Lipinski definition) is 2. The van der Waals surface area contributed by atoms with Crippen LogP contribution in [-0.4, -0.2) is 59.7 Å². The van der Waals surface area contributed by atoms with E-state index in [0.717, 1.165) is 10.7 Å². The summed E-state index contributed by atoms with van der Waals surface area (Å²) >= 11 is 6.66. The Kier molecular flexibility index (Phi) is 32.1. The van der Waals surface area contributed by atoms with Crippen LogP contribution in [0.5, 0.6) is 0 Å². The van der Waals surface area contributed by atoms with Gasteiger partial charge in [0.05, 0.1) is 0 Å². The lowest BCUT2D eigenvalue weighted by Crippen LogP contribution is -2.21. The van der Waals surface area contributed by atoms with Gasteiger partial charge in [-0.25, -0.2) is 0 Å². The first-order chi connectivity index (χ1) is 9.61. The van der Waals surface area contributed by atoms with Crippen molar-refractivity contribution in [2.45, 2.75) is 54.4 Å². The minimum atomic E-state index is 1.14. The molecule has 0 aromatic rings. The fourth-order valence-corrected chi connectivity index (χ4v) is 2.32. The van der Waals surface area contributed by atoms with Crippen molar-refractivity contribution in [1.29, 1.82) is 0 Å². The van der Waals surface area contributed by atoms with Crippen LogP contribution in [0.4, 0.5) is 0 Å². The van der Waals surface area contributed by atoms with Crippen LogP contribution in [0.3, 0.4) is 0 Å². The van der Waals surface area contributed by atoms with E-state index >= 15 is 0 Å². The average Bonchev–Trinajstić information content (AvgIpc) is 2.50. The fraction of sp³-hybridized carbons (Fsp3) is 1.00. The quantitative estimate of drug-likeness (QED) is 0.373. The van der Waals surface area contributed by atoms with Crippen molar-refractivity contribution in [2.24, 2.45) is 0 Å². The molecule has 20 heavy (non-hydrogen) atoms. The van der Waals surface area contributed by atoms with E-state index in [1.807, 2.05) is 0 Å². The first-order valence-electron chi connectivity index (χ1n) is 8.17. The van der Waals surface area contributed by atoms with Crippen LogP contribution < -0.4 is 0 Å². The zero-order valence-electron chi connectivity index (χ0n) is 14.7. The molecule has 2 nitrogen and oxygen atoms in total. The first kappa shape index (κ1) is 25.8. The van der Waals surface area contributed by atoms with Crippen molar-refractivity contribution in [3.05, 3.63) is 0 Å². The number of unbranched alkanes of at least 4 members (excludes halogenated alkanes) is 1. The summed E-state index contributed by atoms with van der Waals surface area (Å²) in [6.07, 6.45) is 2.57. The molecule has 0 fully saturated rings. The molecule has 0 amide bonds. The van der Waals surface area contributed by atoms with Crippen LogP contribution in [0.2, 0.25) is 0 Å². The molecular formula is C16H38Br2N2. The summed E-state index contributed by atoms with van der Waals surface area (Å²) in [5.41, 5.74) is 0. The summed E-state index contributed by atoms with van der Waals surface area (Å²) in [7, 11) is 0. The van der Waals surface area contributed by atoms with Gasteiger partial charge in [0.25, 0.3) is 0 Å². The molecule has 0 aliphatic rings. The van der Waals surface area contributed by atoms with Crippen LogP contribution in [-0.2, 0) is 0 Å². The summed E-state index contributed by atoms with van der Waals surface area (Å²) < 4.78 is 0. The Bertz CT molecular complexity index is 111. The zero-order valence-corrected chi connectivity index (χ0v) is 17.9. The lowest BCUT2D eigenvalue weighted by atomic mass is 10.4. The molecule has 0 rings (SSSR count). The van der Waals surface area contributed by atoms with Crippen LogP contribution in [0.25, 0.3) is 0 Å². The smallest absolute Gasteiger partial charge is 0.00315 e. The van der Waals surface area contributed by atoms with Crippen molar-refractivity contribution in [2.75, 3.05) is 49.9 Å². The predicted molar refractivity (Wildman–Crippen MR) is 104 cm³/mol. The molecule has 0 spiro atoms. The third-order valence-corrected chi connectivity index (χ3v) is 4.32. The van der Waals surface area contributed by atoms with E-state index in [0.29, 0.717) is 0 Å². The Morgan fingerprint density at radius 3 is 0.750 bits per heavy atom. The van der Waals surface area contributed by atoms with Gasteiger partial charge in [-0.15, -0.1) is 0 Å². The van der Waals surface area contributed by atoms with Gasteiger partial charge in [-0.3, -0.25) is 0 Å². The summed E-state index contributed by atoms with van der Waals surface area (Å²) in [5, 5.41) is 2.28. The van der Waals surface area contributed by atoms with Gasteiger partial charge in [0.15, 0.2) is 0 Å². The molecule has 0 N–H and O–H groups in total. The first-order valence-corrected chi connectivity index (χ1v) is 10.4. The molecule has 0 atom stereocenters. The molecule has 0 aromatic carbocycles. The molecular weight excluding hydrogens is 380 g/mol. The largest absolute Gasteiger partial charge is 0.304 e. The normalized spacial score (nSPS) is 9.90. The van der Waals surface area contributed by atoms with E-state index < -0.39 is 0 Å². The van der Waals surface area contributed by atoms with Gasteiger partial charge in [0.2, 0.25) is 0 Å². The second-order valence-corrected chi connectivity index (χ2v) is 5.91. The number of rotatable bonds is 9. The zero-order chi connectivity index (χ0) is 16.2. The molecule has 126 valence electrons. The van der Waals surface area contributed by atoms with Gasteiger partial charge >= 0.3 is 0 Å². The van der Waals surface area contributed by atoms with E-state index in [1.54, 1.807) is 0 Å². The van der Waals surface area contributed by atoms with Crippen molar-refractivity contribution in [3.8, 4) is 0 Å². The number of alkyl halides is 2. The van der Waals surface area contributed by atoms with Crippen molar-refractivity contribution in [1.82, 2.24) is 9.80 Å². The topological polar surface area (TPSA) is 6.48 Å². The van der Waals surface area contributed by atoms with Crippen LogP contribution in [0, 0.1) is 0 Å². The van der Waals surface area contributed by atoms with Gasteiger partial charge in [0.1, 0.15) is 0 Å². The Morgan fingerprint density at radius 2 is 0.700 bits per heavy atom. The van der Waals surface area contributed by atoms with Crippen molar-refractivity contribution in [3.63, 3.8) is 0 Å². The Balaban J connectivity index is -0.000000218. The Morgan fingerprint density at radius 1 is 0.500 bits per heavy atom. The van der Waals surface area contributed by atoms with E-state index in [2.05, 4.69) is 83.2 Å². The van der Waals surface area contributed by atoms with E-state index in [4.69, 9.17) is 0 Å². The number of hydrogen-bond donors (Lipinski definition) is 0. The highest BCUT2D eigenvalue weighted by Gasteiger charge is 1.89. The summed E-state index contributed by atoms with van der Waals surface area (Å²) in [4.78, 5) is 4.75. The predicted octanol–water partition coefficient (Wildman–Crippen LogP) is 5.25. The number of halogens is 2. The Labute approximate surface area is 145 Å². The highest BCUT2D eigenvalue weighted by atomic mass is 79.9. The van der Waals surface area contributed by atoms with Gasteiger partial charge in [0, 0.05) is 10.7 Å². The summed E-state index contributed by atoms with van der Waals surface area (Å²) in [6, 6.07) is 0. The maximum Gasteiger partial charge on any atom is 0.00315 e. The molecule has 0 radical (unpaired) electrons. The second kappa shape index (κ2) is 24.9. The van der Waals surface area contributed by atoms with Crippen molar-refractivity contribution < 1.29 is 0 Å². The van der Waals surface area contributed by atoms with Gasteiger partial charge in [-0.05, 0) is 52.1 Å². The van der Waals surface area contributed by atoms with Crippen molar-refractivity contribution >= 4 is 31.9 Å². The highest BCUT2D eigenvalue weighted by Crippen LogP contribution is 1.95. The second-order valence-electron chi connectivity index (χ2n) is 4.32. The molecule has 0 unspecified atom stereocenters. The molecule has 0 aliphatic heterocycles. The summed E-state index contributed by atoms with van der Waals surface area (Å²) in [6.45, 7) is 20.2. The SMILES string of the molecule is BrCCCCBr.CCN(CC)CC.CCN(CC)CC. The minimum absolute atomic E-state index is 1.14. The van der Waals surface area contributed by atoms with Gasteiger partial charge in [-0.1, -0.05) is 73.4 Å². The molecule has 0 heterocycles. The lowest BCUT2D eigenvalue weighted by Gasteiger charge is -2.13. The summed E-state index contributed by atoms with van der Waals surface area (Å²) in [5.74, 6) is 0. The molecule has 0 aromatic heterocycles. The monoisotopic (exact) mass is 416 g/mol.